The number of imidazole rings is 1. The van der Waals surface area contributed by atoms with E-state index in [1.165, 1.54) is 0 Å². The van der Waals surface area contributed by atoms with Gasteiger partial charge in [0.15, 0.2) is 5.82 Å². The number of aromatic amines is 1. The summed E-state index contributed by atoms with van der Waals surface area (Å²) < 4.78 is 18.1. The first-order valence-corrected chi connectivity index (χ1v) is 12.7. The van der Waals surface area contributed by atoms with E-state index in [1.54, 1.807) is 43.5 Å². The lowest BCUT2D eigenvalue weighted by Gasteiger charge is -2.17. The van der Waals surface area contributed by atoms with E-state index in [-0.39, 0.29) is 5.56 Å². The van der Waals surface area contributed by atoms with Crippen LogP contribution in [-0.2, 0) is 14.3 Å². The van der Waals surface area contributed by atoms with Gasteiger partial charge in [0.25, 0.3) is 0 Å². The second-order valence-electron chi connectivity index (χ2n) is 9.91. The highest BCUT2D eigenvalue weighted by molar-refractivity contribution is 6.03. The third-order valence-corrected chi connectivity index (χ3v) is 6.08. The van der Waals surface area contributed by atoms with Gasteiger partial charge in [-0.2, -0.15) is 4.98 Å². The van der Waals surface area contributed by atoms with E-state index >= 15 is 0 Å². The highest BCUT2D eigenvalue weighted by Gasteiger charge is 2.25. The number of rotatable bonds is 8. The number of nitrogens with one attached hydrogen (secondary N) is 1. The monoisotopic (exact) mass is 540 g/mol. The molecule has 3 aromatic carbocycles. The molecule has 0 fully saturated rings. The smallest absolute Gasteiger partial charge is 0.343 e. The summed E-state index contributed by atoms with van der Waals surface area (Å²) in [5.74, 6) is -0.671. The van der Waals surface area contributed by atoms with Crippen LogP contribution in [0, 0.1) is 5.41 Å². The molecule has 1 N–H and O–H groups in total. The van der Waals surface area contributed by atoms with Gasteiger partial charge in [-0.15, -0.1) is 5.10 Å². The summed E-state index contributed by atoms with van der Waals surface area (Å²) in [5.41, 5.74) is 3.81. The number of H-pyrrole nitrogens is 1. The molecule has 40 heavy (non-hydrogen) atoms. The topological polar surface area (TPSA) is 134 Å². The van der Waals surface area contributed by atoms with E-state index in [0.717, 1.165) is 16.7 Å². The predicted molar refractivity (Wildman–Crippen MR) is 147 cm³/mol. The number of nitrogens with zero attached hydrogens (tertiary/aromatic N) is 5. The van der Waals surface area contributed by atoms with Gasteiger partial charge in [-0.25, -0.2) is 9.89 Å². The molecule has 0 aliphatic heterocycles. The maximum absolute atomic E-state index is 13.2. The number of benzene rings is 3. The number of hydrogen-bond acceptors (Lipinski definition) is 9. The van der Waals surface area contributed by atoms with Crippen molar-refractivity contribution in [3.63, 3.8) is 0 Å². The fourth-order valence-corrected chi connectivity index (χ4v) is 4.18. The molecule has 2 aromatic heterocycles. The van der Waals surface area contributed by atoms with E-state index < -0.39 is 24.1 Å². The van der Waals surface area contributed by atoms with Crippen molar-refractivity contribution in [2.45, 2.75) is 27.7 Å². The Morgan fingerprint density at radius 3 is 2.45 bits per heavy atom. The number of aromatic nitrogens is 6. The van der Waals surface area contributed by atoms with Crippen LogP contribution < -0.4 is 4.74 Å². The van der Waals surface area contributed by atoms with Gasteiger partial charge in [0, 0.05) is 5.56 Å². The van der Waals surface area contributed by atoms with E-state index in [9.17, 15) is 9.59 Å². The summed E-state index contributed by atoms with van der Waals surface area (Å²) in [4.78, 5) is 29.9. The highest BCUT2D eigenvalue weighted by Crippen LogP contribution is 2.35. The van der Waals surface area contributed by atoms with Crippen LogP contribution in [0.25, 0.3) is 39.2 Å². The van der Waals surface area contributed by atoms with E-state index in [0.29, 0.717) is 35.2 Å². The Kier molecular flexibility index (Phi) is 7.28. The summed E-state index contributed by atoms with van der Waals surface area (Å²) in [5, 5.41) is 14.5. The molecule has 5 rings (SSSR count). The molecule has 0 spiro atoms. The van der Waals surface area contributed by atoms with Gasteiger partial charge in [-0.3, -0.25) is 9.36 Å². The van der Waals surface area contributed by atoms with E-state index in [2.05, 4.69) is 25.6 Å². The van der Waals surface area contributed by atoms with Gasteiger partial charge in [0.05, 0.1) is 34.3 Å². The van der Waals surface area contributed by atoms with Crippen LogP contribution in [0.4, 0.5) is 0 Å². The Balaban J connectivity index is 1.61. The molecular weight excluding hydrogens is 512 g/mol. The van der Waals surface area contributed by atoms with Crippen LogP contribution in [0.15, 0.2) is 66.7 Å². The quantitative estimate of drug-likeness (QED) is 0.214. The Hall–Kier alpha value is -5.06. The SMILES string of the molecule is CCOc1nc2cccc(C(=O)OCOC(=O)C(C)(C)C)c2n1-c1ccc(-c2ccccc2)c(-c2nnn[nH]2)c1. The number of hydrogen-bond donors (Lipinski definition) is 1. The lowest BCUT2D eigenvalue weighted by atomic mass is 9.98. The van der Waals surface area contributed by atoms with Crippen molar-refractivity contribution < 1.29 is 23.8 Å². The summed E-state index contributed by atoms with van der Waals surface area (Å²) in [6.45, 7) is 6.86. The number of ether oxygens (including phenoxy) is 3. The second-order valence-corrected chi connectivity index (χ2v) is 9.91. The van der Waals surface area contributed by atoms with Crippen molar-refractivity contribution in [2.75, 3.05) is 13.4 Å². The van der Waals surface area contributed by atoms with Gasteiger partial charge in [0.1, 0.15) is 0 Å². The minimum absolute atomic E-state index is 0.234. The zero-order valence-corrected chi connectivity index (χ0v) is 22.5. The van der Waals surface area contributed by atoms with Crippen LogP contribution in [0.1, 0.15) is 38.1 Å². The molecule has 0 aliphatic carbocycles. The average Bonchev–Trinajstić information content (AvgIpc) is 3.61. The molecule has 0 amide bonds. The summed E-state index contributed by atoms with van der Waals surface area (Å²) in [6.07, 6.45) is 0. The molecular formula is C29H28N6O5. The maximum atomic E-state index is 13.2. The molecule has 0 bridgehead atoms. The number of esters is 2. The van der Waals surface area contributed by atoms with E-state index in [4.69, 9.17) is 14.2 Å². The molecule has 11 nitrogen and oxygen atoms in total. The van der Waals surface area contributed by atoms with Gasteiger partial charge >= 0.3 is 17.9 Å². The van der Waals surface area contributed by atoms with Gasteiger partial charge < -0.3 is 14.2 Å². The standard InChI is InChI=1S/C29H28N6O5/c1-5-38-28-30-23-13-9-12-21(26(36)39-17-40-27(37)29(2,3)4)24(23)35(28)19-14-15-20(18-10-7-6-8-11-18)22(16-19)25-31-33-34-32-25/h6-16H,5,17H2,1-4H3,(H,31,32,33,34). The van der Waals surface area contributed by atoms with Crippen molar-refractivity contribution in [1.82, 2.24) is 30.2 Å². The van der Waals surface area contributed by atoms with Crippen molar-refractivity contribution in [3.05, 3.63) is 72.3 Å². The molecule has 0 unspecified atom stereocenters. The summed E-state index contributed by atoms with van der Waals surface area (Å²) in [7, 11) is 0. The van der Waals surface area contributed by atoms with Crippen LogP contribution in [0.2, 0.25) is 0 Å². The maximum Gasteiger partial charge on any atom is 0.343 e. The first-order valence-electron chi connectivity index (χ1n) is 12.7. The molecule has 2 heterocycles. The van der Waals surface area contributed by atoms with E-state index in [1.807, 2.05) is 55.5 Å². The minimum atomic E-state index is -0.722. The molecule has 5 aromatic rings. The zero-order chi connectivity index (χ0) is 28.3. The molecule has 0 atom stereocenters. The molecule has 0 radical (unpaired) electrons. The minimum Gasteiger partial charge on any atom is -0.465 e. The van der Waals surface area contributed by atoms with Crippen LogP contribution in [-0.4, -0.2) is 55.5 Å². The molecule has 0 saturated heterocycles. The summed E-state index contributed by atoms with van der Waals surface area (Å²) >= 11 is 0. The first kappa shape index (κ1) is 26.5. The van der Waals surface area contributed by atoms with Crippen molar-refractivity contribution >= 4 is 23.0 Å². The highest BCUT2D eigenvalue weighted by atomic mass is 16.7. The Morgan fingerprint density at radius 1 is 0.950 bits per heavy atom. The Morgan fingerprint density at radius 2 is 1.75 bits per heavy atom. The van der Waals surface area contributed by atoms with Gasteiger partial charge in [-0.1, -0.05) is 42.5 Å². The normalized spacial score (nSPS) is 11.4. The molecule has 204 valence electrons. The van der Waals surface area contributed by atoms with Crippen molar-refractivity contribution in [2.24, 2.45) is 5.41 Å². The van der Waals surface area contributed by atoms with Crippen molar-refractivity contribution in [3.8, 4) is 34.2 Å². The number of para-hydroxylation sites is 1. The molecule has 0 aliphatic rings. The lowest BCUT2D eigenvalue weighted by Crippen LogP contribution is -2.24. The molecule has 0 saturated carbocycles. The Bertz CT molecular complexity index is 1660. The fraction of sp³-hybridized carbons (Fsp3) is 0.241. The number of carbonyl (C=O) groups excluding carboxylic acids is 2. The van der Waals surface area contributed by atoms with Gasteiger partial charge in [-0.05, 0) is 73.5 Å². The second kappa shape index (κ2) is 11.0. The summed E-state index contributed by atoms with van der Waals surface area (Å²) in [6, 6.07) is 21.0. The molecule has 11 heteroatoms. The fourth-order valence-electron chi connectivity index (χ4n) is 4.18. The number of fused-ring (bicyclic) bond motifs is 1. The predicted octanol–water partition coefficient (Wildman–Crippen LogP) is 4.97. The third kappa shape index (κ3) is 5.26. The zero-order valence-electron chi connectivity index (χ0n) is 22.5. The van der Waals surface area contributed by atoms with Gasteiger partial charge in [0.2, 0.25) is 6.79 Å². The van der Waals surface area contributed by atoms with Crippen LogP contribution in [0.3, 0.4) is 0 Å². The van der Waals surface area contributed by atoms with Crippen LogP contribution in [0.5, 0.6) is 6.01 Å². The Labute approximate surface area is 230 Å². The third-order valence-electron chi connectivity index (χ3n) is 6.08. The lowest BCUT2D eigenvalue weighted by molar-refractivity contribution is -0.161. The first-order chi connectivity index (χ1) is 19.3. The average molecular weight is 541 g/mol. The largest absolute Gasteiger partial charge is 0.465 e. The van der Waals surface area contributed by atoms with Crippen molar-refractivity contribution in [1.29, 1.82) is 0 Å². The number of tetrazole rings is 1. The van der Waals surface area contributed by atoms with Crippen LogP contribution >= 0.6 is 0 Å². The number of carbonyl (C=O) groups is 2.